The number of hydrogen-bond acceptors (Lipinski definition) is 4. The molecule has 112 valence electrons. The van der Waals surface area contributed by atoms with Gasteiger partial charge in [-0.25, -0.2) is 0 Å². The van der Waals surface area contributed by atoms with E-state index in [2.05, 4.69) is 25.8 Å². The van der Waals surface area contributed by atoms with Crippen molar-refractivity contribution in [2.75, 3.05) is 4.72 Å². The zero-order chi connectivity index (χ0) is 15.8. The van der Waals surface area contributed by atoms with E-state index < -0.39 is 10.0 Å². The van der Waals surface area contributed by atoms with E-state index in [0.29, 0.717) is 10.0 Å². The zero-order valence-electron chi connectivity index (χ0n) is 10.7. The highest BCUT2D eigenvalue weighted by Gasteiger charge is 2.24. The fourth-order valence-electron chi connectivity index (χ4n) is 1.71. The van der Waals surface area contributed by atoms with E-state index in [4.69, 9.17) is 29.6 Å². The van der Waals surface area contributed by atoms with E-state index in [9.17, 15) is 8.42 Å². The monoisotopic (exact) mass is 408 g/mol. The van der Waals surface area contributed by atoms with Crippen molar-refractivity contribution in [2.24, 2.45) is 12.8 Å². The van der Waals surface area contributed by atoms with Gasteiger partial charge in [-0.2, -0.15) is 13.5 Å². The average Bonchev–Trinajstić information content (AvgIpc) is 2.68. The van der Waals surface area contributed by atoms with Crippen molar-refractivity contribution in [2.45, 2.75) is 5.03 Å². The van der Waals surface area contributed by atoms with E-state index in [1.54, 1.807) is 18.2 Å². The van der Waals surface area contributed by atoms with E-state index in [0.717, 1.165) is 0 Å². The first-order valence-electron chi connectivity index (χ1n) is 5.52. The minimum absolute atomic E-state index is 0.0249. The lowest BCUT2D eigenvalue weighted by Crippen LogP contribution is -2.20. The maximum atomic E-state index is 12.4. The number of nitrogens with zero attached hydrogens (tertiary/aromatic N) is 2. The van der Waals surface area contributed by atoms with Crippen LogP contribution in [0.25, 0.3) is 0 Å². The normalized spacial score (nSPS) is 11.4. The van der Waals surface area contributed by atoms with Gasteiger partial charge in [0.1, 0.15) is 4.99 Å². The molecule has 0 aliphatic carbocycles. The summed E-state index contributed by atoms with van der Waals surface area (Å²) in [5.41, 5.74) is 6.27. The Morgan fingerprint density at radius 2 is 2.19 bits per heavy atom. The third kappa shape index (κ3) is 3.37. The number of anilines is 1. The number of rotatable bonds is 4. The molecule has 21 heavy (non-hydrogen) atoms. The molecule has 0 aliphatic heterocycles. The van der Waals surface area contributed by atoms with Gasteiger partial charge in [0.05, 0.1) is 16.9 Å². The van der Waals surface area contributed by atoms with Crippen LogP contribution in [-0.4, -0.2) is 23.2 Å². The molecule has 6 nitrogen and oxygen atoms in total. The summed E-state index contributed by atoms with van der Waals surface area (Å²) in [6.07, 6.45) is 1.26. The van der Waals surface area contributed by atoms with Gasteiger partial charge in [-0.1, -0.05) is 39.7 Å². The molecule has 10 heteroatoms. The van der Waals surface area contributed by atoms with Gasteiger partial charge in [0, 0.05) is 17.1 Å². The molecular formula is C11H10BrClN4O2S2. The first-order valence-corrected chi connectivity index (χ1v) is 8.58. The Labute approximate surface area is 140 Å². The summed E-state index contributed by atoms with van der Waals surface area (Å²) in [6, 6.07) is 4.90. The van der Waals surface area contributed by atoms with Crippen LogP contribution in [0.3, 0.4) is 0 Å². The minimum atomic E-state index is -3.92. The van der Waals surface area contributed by atoms with Crippen LogP contribution in [-0.2, 0) is 17.1 Å². The molecule has 0 saturated carbocycles. The van der Waals surface area contributed by atoms with Gasteiger partial charge in [0.15, 0.2) is 5.03 Å². The number of thiocarbonyl (C=S) groups is 1. The van der Waals surface area contributed by atoms with E-state index in [1.165, 1.54) is 17.9 Å². The first kappa shape index (κ1) is 16.2. The highest BCUT2D eigenvalue weighted by molar-refractivity contribution is 9.10. The van der Waals surface area contributed by atoms with Crippen LogP contribution in [0.1, 0.15) is 5.56 Å². The molecule has 0 atom stereocenters. The molecule has 0 aliphatic rings. The topological polar surface area (TPSA) is 90.0 Å². The summed E-state index contributed by atoms with van der Waals surface area (Å²) >= 11 is 14.1. The molecule has 3 N–H and O–H groups in total. The molecule has 0 unspecified atom stereocenters. The van der Waals surface area contributed by atoms with Crippen LogP contribution in [0.5, 0.6) is 0 Å². The molecule has 1 heterocycles. The average molecular weight is 410 g/mol. The van der Waals surface area contributed by atoms with Crippen LogP contribution >= 0.6 is 39.7 Å². The molecule has 0 radical (unpaired) electrons. The van der Waals surface area contributed by atoms with E-state index in [-0.39, 0.29) is 20.7 Å². The summed E-state index contributed by atoms with van der Waals surface area (Å²) in [4.78, 5) is 0.0799. The second kappa shape index (κ2) is 5.91. The van der Waals surface area contributed by atoms with Crippen LogP contribution < -0.4 is 10.5 Å². The maximum Gasteiger partial charge on any atom is 0.280 e. The van der Waals surface area contributed by atoms with Crippen molar-refractivity contribution in [3.8, 4) is 0 Å². The lowest BCUT2D eigenvalue weighted by Gasteiger charge is -2.12. The van der Waals surface area contributed by atoms with Gasteiger partial charge in [0.25, 0.3) is 10.0 Å². The zero-order valence-corrected chi connectivity index (χ0v) is 14.6. The van der Waals surface area contributed by atoms with Crippen LogP contribution in [0.4, 0.5) is 5.69 Å². The Bertz CT molecular complexity index is 800. The van der Waals surface area contributed by atoms with E-state index >= 15 is 0 Å². The Morgan fingerprint density at radius 3 is 2.71 bits per heavy atom. The largest absolute Gasteiger partial charge is 0.389 e. The lowest BCUT2D eigenvalue weighted by molar-refractivity contribution is 0.582. The van der Waals surface area contributed by atoms with Crippen molar-refractivity contribution < 1.29 is 8.42 Å². The molecule has 1 aromatic heterocycles. The Kier molecular flexibility index (Phi) is 4.57. The Balaban J connectivity index is 2.51. The predicted octanol–water partition coefficient (Wildman–Crippen LogP) is 2.27. The number of benzene rings is 1. The number of nitrogens with two attached hydrogens (primary N) is 1. The highest BCUT2D eigenvalue weighted by atomic mass is 79.9. The maximum absolute atomic E-state index is 12.4. The molecule has 1 aromatic carbocycles. The SMILES string of the molecule is Cn1ncc(Cl)c1S(=O)(=O)Nc1cc(Br)ccc1C(N)=S. The summed E-state index contributed by atoms with van der Waals surface area (Å²) in [5, 5.41) is 3.69. The summed E-state index contributed by atoms with van der Waals surface area (Å²) < 4.78 is 29.1. The number of hydrogen-bond donors (Lipinski definition) is 2. The molecule has 0 bridgehead atoms. The van der Waals surface area contributed by atoms with Gasteiger partial charge in [-0.05, 0) is 18.2 Å². The Morgan fingerprint density at radius 1 is 1.52 bits per heavy atom. The quantitative estimate of drug-likeness (QED) is 0.756. The summed E-state index contributed by atoms with van der Waals surface area (Å²) in [5.74, 6) is 0. The number of aryl methyl sites for hydroxylation is 1. The van der Waals surface area contributed by atoms with Crippen LogP contribution in [0.2, 0.25) is 5.02 Å². The molecule has 0 spiro atoms. The molecule has 2 rings (SSSR count). The second-order valence-electron chi connectivity index (χ2n) is 4.08. The molecule has 2 aromatic rings. The number of sulfonamides is 1. The van der Waals surface area contributed by atoms with Crippen LogP contribution in [0, 0.1) is 0 Å². The summed E-state index contributed by atoms with van der Waals surface area (Å²) in [7, 11) is -2.44. The molecule has 0 fully saturated rings. The van der Waals surface area contributed by atoms with Crippen molar-refractivity contribution >= 4 is 60.4 Å². The number of halogens is 2. The fourth-order valence-corrected chi connectivity index (χ4v) is 3.98. The lowest BCUT2D eigenvalue weighted by atomic mass is 10.2. The number of nitrogens with one attached hydrogen (secondary N) is 1. The van der Waals surface area contributed by atoms with Crippen molar-refractivity contribution in [3.63, 3.8) is 0 Å². The van der Waals surface area contributed by atoms with Crippen molar-refractivity contribution in [3.05, 3.63) is 39.5 Å². The van der Waals surface area contributed by atoms with Crippen LogP contribution in [0.15, 0.2) is 33.9 Å². The molecule has 0 amide bonds. The van der Waals surface area contributed by atoms with Crippen molar-refractivity contribution in [1.29, 1.82) is 0 Å². The molecular weight excluding hydrogens is 400 g/mol. The van der Waals surface area contributed by atoms with E-state index in [1.807, 2.05) is 0 Å². The van der Waals surface area contributed by atoms with Gasteiger partial charge >= 0.3 is 0 Å². The summed E-state index contributed by atoms with van der Waals surface area (Å²) in [6.45, 7) is 0. The van der Waals surface area contributed by atoms with Gasteiger partial charge < -0.3 is 5.73 Å². The molecule has 0 saturated heterocycles. The van der Waals surface area contributed by atoms with Gasteiger partial charge in [-0.15, -0.1) is 0 Å². The predicted molar refractivity (Wildman–Crippen MR) is 89.1 cm³/mol. The van der Waals surface area contributed by atoms with Crippen molar-refractivity contribution in [1.82, 2.24) is 9.78 Å². The fraction of sp³-hybridized carbons (Fsp3) is 0.0909. The minimum Gasteiger partial charge on any atom is -0.389 e. The Hall–Kier alpha value is -1.16. The number of aromatic nitrogens is 2. The second-order valence-corrected chi connectivity index (χ2v) is 7.44. The standard InChI is InChI=1S/C11H10BrClN4O2S2/c1-17-11(8(13)5-15-17)21(18,19)16-9-4-6(12)2-3-7(9)10(14)20/h2-5,16H,1H3,(H2,14,20). The first-order chi connectivity index (χ1) is 9.72. The van der Waals surface area contributed by atoms with Gasteiger partial charge in [0.2, 0.25) is 0 Å². The highest BCUT2D eigenvalue weighted by Crippen LogP contribution is 2.27. The van der Waals surface area contributed by atoms with Gasteiger partial charge in [-0.3, -0.25) is 9.40 Å². The third-order valence-corrected chi connectivity index (χ3v) is 5.17. The third-order valence-electron chi connectivity index (χ3n) is 2.59. The smallest absolute Gasteiger partial charge is 0.280 e.